The highest BCUT2D eigenvalue weighted by molar-refractivity contribution is 5.28. The van der Waals surface area contributed by atoms with Crippen molar-refractivity contribution >= 4 is 0 Å². The van der Waals surface area contributed by atoms with Gasteiger partial charge in [-0.15, -0.1) is 0 Å². The Morgan fingerprint density at radius 1 is 0.857 bits per heavy atom. The van der Waals surface area contributed by atoms with E-state index in [-0.39, 0.29) is 0 Å². The van der Waals surface area contributed by atoms with Crippen LogP contribution in [-0.2, 0) is 6.54 Å². The summed E-state index contributed by atoms with van der Waals surface area (Å²) < 4.78 is 11.3. The van der Waals surface area contributed by atoms with E-state index in [1.807, 2.05) is 42.5 Å². The molecule has 21 heavy (non-hydrogen) atoms. The molecule has 110 valence electrons. The highest BCUT2D eigenvalue weighted by atomic mass is 16.5. The van der Waals surface area contributed by atoms with Crippen LogP contribution in [0.4, 0.5) is 0 Å². The minimum absolute atomic E-state index is 0.550. The van der Waals surface area contributed by atoms with Gasteiger partial charge < -0.3 is 14.8 Å². The standard InChI is InChI=1S/C18H21NO2/c1-2-6-17(7-3-1)20-11-12-21-18-8-4-5-15(13-18)14-19-16-9-10-16/h1-8,13,16,19H,9-12,14H2. The van der Waals surface area contributed by atoms with E-state index in [4.69, 9.17) is 9.47 Å². The van der Waals surface area contributed by atoms with E-state index in [2.05, 4.69) is 17.4 Å². The van der Waals surface area contributed by atoms with E-state index in [1.54, 1.807) is 0 Å². The van der Waals surface area contributed by atoms with Crippen LogP contribution in [0.2, 0.25) is 0 Å². The van der Waals surface area contributed by atoms with E-state index in [1.165, 1.54) is 18.4 Å². The smallest absolute Gasteiger partial charge is 0.122 e. The second-order valence-corrected chi connectivity index (χ2v) is 5.31. The molecule has 0 saturated heterocycles. The second kappa shape index (κ2) is 7.14. The Hall–Kier alpha value is -2.00. The van der Waals surface area contributed by atoms with Gasteiger partial charge in [0.1, 0.15) is 24.7 Å². The molecule has 3 heteroatoms. The molecule has 0 unspecified atom stereocenters. The lowest BCUT2D eigenvalue weighted by Gasteiger charge is -2.10. The molecule has 0 radical (unpaired) electrons. The van der Waals surface area contributed by atoms with Crippen LogP contribution >= 0.6 is 0 Å². The normalized spacial score (nSPS) is 13.9. The summed E-state index contributed by atoms with van der Waals surface area (Å²) in [6.45, 7) is 2.02. The van der Waals surface area contributed by atoms with E-state index in [9.17, 15) is 0 Å². The molecule has 0 heterocycles. The van der Waals surface area contributed by atoms with Crippen LogP contribution in [0.25, 0.3) is 0 Å². The largest absolute Gasteiger partial charge is 0.490 e. The summed E-state index contributed by atoms with van der Waals surface area (Å²) in [4.78, 5) is 0. The third kappa shape index (κ3) is 4.80. The van der Waals surface area contributed by atoms with E-state index in [0.717, 1.165) is 24.1 Å². The molecule has 1 fully saturated rings. The predicted molar refractivity (Wildman–Crippen MR) is 83.7 cm³/mol. The van der Waals surface area contributed by atoms with Crippen molar-refractivity contribution in [3.05, 3.63) is 60.2 Å². The zero-order valence-electron chi connectivity index (χ0n) is 12.1. The van der Waals surface area contributed by atoms with Crippen molar-refractivity contribution in [3.8, 4) is 11.5 Å². The zero-order chi connectivity index (χ0) is 14.3. The van der Waals surface area contributed by atoms with Gasteiger partial charge in [0.2, 0.25) is 0 Å². The van der Waals surface area contributed by atoms with Crippen LogP contribution in [0.3, 0.4) is 0 Å². The summed E-state index contributed by atoms with van der Waals surface area (Å²) in [5.74, 6) is 1.78. The van der Waals surface area contributed by atoms with Gasteiger partial charge in [-0.25, -0.2) is 0 Å². The lowest BCUT2D eigenvalue weighted by molar-refractivity contribution is 0.217. The Bertz CT molecular complexity index is 552. The molecule has 2 aromatic carbocycles. The molecule has 1 aliphatic carbocycles. The van der Waals surface area contributed by atoms with E-state index in [0.29, 0.717) is 13.2 Å². The van der Waals surface area contributed by atoms with Crippen LogP contribution < -0.4 is 14.8 Å². The highest BCUT2D eigenvalue weighted by Gasteiger charge is 2.19. The molecule has 1 N–H and O–H groups in total. The molecular formula is C18H21NO2. The molecule has 1 saturated carbocycles. The number of hydrogen-bond acceptors (Lipinski definition) is 3. The van der Waals surface area contributed by atoms with Crippen molar-refractivity contribution in [3.63, 3.8) is 0 Å². The summed E-state index contributed by atoms with van der Waals surface area (Å²) in [6, 6.07) is 18.8. The summed E-state index contributed by atoms with van der Waals surface area (Å²) in [5.41, 5.74) is 1.27. The van der Waals surface area contributed by atoms with Gasteiger partial charge in [-0.05, 0) is 42.7 Å². The molecule has 0 spiro atoms. The van der Waals surface area contributed by atoms with Gasteiger partial charge in [0, 0.05) is 12.6 Å². The quantitative estimate of drug-likeness (QED) is 0.753. The average molecular weight is 283 g/mol. The Morgan fingerprint density at radius 3 is 2.33 bits per heavy atom. The van der Waals surface area contributed by atoms with Crippen molar-refractivity contribution < 1.29 is 9.47 Å². The van der Waals surface area contributed by atoms with Gasteiger partial charge in [0.05, 0.1) is 0 Å². The zero-order valence-corrected chi connectivity index (χ0v) is 12.1. The molecule has 3 rings (SSSR count). The Labute approximate surface area is 125 Å². The SMILES string of the molecule is c1ccc(OCCOc2cccc(CNC3CC3)c2)cc1. The van der Waals surface area contributed by atoms with Crippen molar-refractivity contribution in [2.45, 2.75) is 25.4 Å². The fourth-order valence-corrected chi connectivity index (χ4v) is 2.13. The highest BCUT2D eigenvalue weighted by Crippen LogP contribution is 2.20. The number of hydrogen-bond donors (Lipinski definition) is 1. The third-order valence-corrected chi connectivity index (χ3v) is 3.43. The van der Waals surface area contributed by atoms with Crippen molar-refractivity contribution in [2.75, 3.05) is 13.2 Å². The van der Waals surface area contributed by atoms with Gasteiger partial charge in [-0.2, -0.15) is 0 Å². The van der Waals surface area contributed by atoms with E-state index >= 15 is 0 Å². The third-order valence-electron chi connectivity index (χ3n) is 3.43. The molecule has 0 aliphatic heterocycles. The lowest BCUT2D eigenvalue weighted by atomic mass is 10.2. The second-order valence-electron chi connectivity index (χ2n) is 5.31. The molecule has 0 bridgehead atoms. The summed E-state index contributed by atoms with van der Waals surface area (Å²) in [5, 5.41) is 3.51. The molecule has 0 aromatic heterocycles. The molecule has 0 amide bonds. The van der Waals surface area contributed by atoms with Gasteiger partial charge >= 0.3 is 0 Å². The number of para-hydroxylation sites is 1. The maximum Gasteiger partial charge on any atom is 0.122 e. The maximum absolute atomic E-state index is 5.74. The fraction of sp³-hybridized carbons (Fsp3) is 0.333. The van der Waals surface area contributed by atoms with Gasteiger partial charge in [0.25, 0.3) is 0 Å². The molecular weight excluding hydrogens is 262 g/mol. The molecule has 1 aliphatic rings. The van der Waals surface area contributed by atoms with Crippen LogP contribution in [0.1, 0.15) is 18.4 Å². The van der Waals surface area contributed by atoms with Crippen LogP contribution in [-0.4, -0.2) is 19.3 Å². The minimum Gasteiger partial charge on any atom is -0.490 e. The molecule has 0 atom stereocenters. The first-order chi connectivity index (χ1) is 10.4. The van der Waals surface area contributed by atoms with Crippen molar-refractivity contribution in [1.29, 1.82) is 0 Å². The topological polar surface area (TPSA) is 30.5 Å². The first kappa shape index (κ1) is 14.0. The van der Waals surface area contributed by atoms with Crippen LogP contribution in [0.15, 0.2) is 54.6 Å². The fourth-order valence-electron chi connectivity index (χ4n) is 2.13. The Balaban J connectivity index is 1.41. The number of benzene rings is 2. The average Bonchev–Trinajstić information content (AvgIpc) is 3.35. The first-order valence-electron chi connectivity index (χ1n) is 7.53. The van der Waals surface area contributed by atoms with Crippen molar-refractivity contribution in [1.82, 2.24) is 5.32 Å². The lowest BCUT2D eigenvalue weighted by Crippen LogP contribution is -2.15. The number of rotatable bonds is 8. The van der Waals surface area contributed by atoms with Gasteiger partial charge in [-0.3, -0.25) is 0 Å². The summed E-state index contributed by atoms with van der Waals surface area (Å²) in [6.07, 6.45) is 2.63. The van der Waals surface area contributed by atoms with Gasteiger partial charge in [0.15, 0.2) is 0 Å². The van der Waals surface area contributed by atoms with Crippen molar-refractivity contribution in [2.24, 2.45) is 0 Å². The maximum atomic E-state index is 5.74. The summed E-state index contributed by atoms with van der Waals surface area (Å²) in [7, 11) is 0. The van der Waals surface area contributed by atoms with Gasteiger partial charge in [-0.1, -0.05) is 30.3 Å². The van der Waals surface area contributed by atoms with Crippen LogP contribution in [0, 0.1) is 0 Å². The van der Waals surface area contributed by atoms with E-state index < -0.39 is 0 Å². The monoisotopic (exact) mass is 283 g/mol. The minimum atomic E-state index is 0.550. The van der Waals surface area contributed by atoms with Crippen LogP contribution in [0.5, 0.6) is 11.5 Å². The Kier molecular flexibility index (Phi) is 4.74. The predicted octanol–water partition coefficient (Wildman–Crippen LogP) is 3.40. The summed E-state index contributed by atoms with van der Waals surface area (Å²) >= 11 is 0. The molecule has 2 aromatic rings. The molecule has 3 nitrogen and oxygen atoms in total. The number of ether oxygens (including phenoxy) is 2. The number of nitrogens with one attached hydrogen (secondary N) is 1. The first-order valence-corrected chi connectivity index (χ1v) is 7.53. The Morgan fingerprint density at radius 2 is 1.57 bits per heavy atom.